The molecular weight excluding hydrogens is 204 g/mol. The van der Waals surface area contributed by atoms with E-state index in [0.717, 1.165) is 0 Å². The monoisotopic (exact) mass is 224 g/mol. The molecule has 0 amide bonds. The lowest BCUT2D eigenvalue weighted by Gasteiger charge is -2.41. The summed E-state index contributed by atoms with van der Waals surface area (Å²) >= 11 is 1.57. The van der Waals surface area contributed by atoms with Crippen LogP contribution in [0.4, 0.5) is 0 Å². The molecule has 1 aromatic heterocycles. The van der Waals surface area contributed by atoms with Crippen molar-refractivity contribution in [3.63, 3.8) is 0 Å². The number of aromatic nitrogens is 1. The highest BCUT2D eigenvalue weighted by atomic mass is 32.1. The minimum Gasteiger partial charge on any atom is -0.317 e. The van der Waals surface area contributed by atoms with Gasteiger partial charge < -0.3 is 5.32 Å². The van der Waals surface area contributed by atoms with Crippen LogP contribution in [0.2, 0.25) is 0 Å². The van der Waals surface area contributed by atoms with E-state index in [0.29, 0.717) is 17.4 Å². The summed E-state index contributed by atoms with van der Waals surface area (Å²) in [6, 6.07) is 2.86. The zero-order valence-corrected chi connectivity index (χ0v) is 10.6. The molecule has 1 aliphatic carbocycles. The number of nitrogens with zero attached hydrogens (tertiary/aromatic N) is 1. The summed E-state index contributed by atoms with van der Waals surface area (Å²) in [7, 11) is 2.07. The van der Waals surface area contributed by atoms with Gasteiger partial charge in [-0.2, -0.15) is 4.37 Å². The Kier molecular flexibility index (Phi) is 3.12. The maximum absolute atomic E-state index is 4.52. The minimum atomic E-state index is 0.404. The number of hydrogen-bond acceptors (Lipinski definition) is 3. The van der Waals surface area contributed by atoms with Crippen LogP contribution >= 0.6 is 11.5 Å². The van der Waals surface area contributed by atoms with E-state index in [-0.39, 0.29) is 0 Å². The van der Waals surface area contributed by atoms with Gasteiger partial charge in [0.25, 0.3) is 0 Å². The molecule has 0 bridgehead atoms. The molecule has 0 aromatic carbocycles. The molecule has 2 rings (SSSR count). The molecule has 84 valence electrons. The Morgan fingerprint density at radius 3 is 2.93 bits per heavy atom. The summed E-state index contributed by atoms with van der Waals surface area (Å²) in [6.07, 6.45) is 3.82. The molecular formula is C12H20N2S. The van der Waals surface area contributed by atoms with Crippen molar-refractivity contribution in [1.82, 2.24) is 9.69 Å². The lowest BCUT2D eigenvalue weighted by Crippen LogP contribution is -2.38. The van der Waals surface area contributed by atoms with Gasteiger partial charge >= 0.3 is 0 Å². The first-order valence-corrected chi connectivity index (χ1v) is 6.54. The zero-order chi connectivity index (χ0) is 10.9. The van der Waals surface area contributed by atoms with Gasteiger partial charge in [0.2, 0.25) is 0 Å². The highest BCUT2D eigenvalue weighted by Gasteiger charge is 2.37. The second kappa shape index (κ2) is 4.22. The zero-order valence-electron chi connectivity index (χ0n) is 9.79. The average molecular weight is 224 g/mol. The van der Waals surface area contributed by atoms with Crippen molar-refractivity contribution in [2.24, 2.45) is 5.41 Å². The Morgan fingerprint density at radius 2 is 2.33 bits per heavy atom. The van der Waals surface area contributed by atoms with Crippen LogP contribution in [-0.2, 0) is 0 Å². The van der Waals surface area contributed by atoms with Crippen molar-refractivity contribution in [1.29, 1.82) is 0 Å². The van der Waals surface area contributed by atoms with Gasteiger partial charge in [-0.15, -0.1) is 0 Å². The smallest absolute Gasteiger partial charge is 0.0578 e. The van der Waals surface area contributed by atoms with Gasteiger partial charge in [0.15, 0.2) is 0 Å². The maximum Gasteiger partial charge on any atom is 0.0578 e. The molecule has 0 aliphatic heterocycles. The maximum atomic E-state index is 4.52. The Balaban J connectivity index is 2.19. The largest absolute Gasteiger partial charge is 0.317 e. The summed E-state index contributed by atoms with van der Waals surface area (Å²) in [5, 5.41) is 5.50. The molecule has 2 atom stereocenters. The van der Waals surface area contributed by atoms with Crippen LogP contribution in [0.5, 0.6) is 0 Å². The van der Waals surface area contributed by atoms with Crippen molar-refractivity contribution < 1.29 is 0 Å². The molecule has 0 saturated heterocycles. The van der Waals surface area contributed by atoms with Gasteiger partial charge in [-0.1, -0.05) is 13.8 Å². The summed E-state index contributed by atoms with van der Waals surface area (Å²) in [4.78, 5) is 0. The third kappa shape index (κ3) is 2.23. The predicted octanol–water partition coefficient (Wildman–Crippen LogP) is 3.02. The highest BCUT2D eigenvalue weighted by Crippen LogP contribution is 2.46. The summed E-state index contributed by atoms with van der Waals surface area (Å²) in [5.74, 6) is 0.620. The fraction of sp³-hybridized carbons (Fsp3) is 0.750. The van der Waals surface area contributed by atoms with E-state index in [2.05, 4.69) is 42.0 Å². The van der Waals surface area contributed by atoms with Crippen molar-refractivity contribution in [3.05, 3.63) is 17.1 Å². The molecule has 3 heteroatoms. The normalized spacial score (nSPS) is 30.3. The molecule has 15 heavy (non-hydrogen) atoms. The van der Waals surface area contributed by atoms with E-state index in [9.17, 15) is 0 Å². The Morgan fingerprint density at radius 1 is 1.53 bits per heavy atom. The van der Waals surface area contributed by atoms with Crippen LogP contribution in [0, 0.1) is 5.41 Å². The first-order valence-electron chi connectivity index (χ1n) is 5.71. The van der Waals surface area contributed by atoms with Crippen LogP contribution in [0.25, 0.3) is 0 Å². The third-order valence-electron chi connectivity index (χ3n) is 3.82. The van der Waals surface area contributed by atoms with E-state index in [1.807, 2.05) is 0 Å². The van der Waals surface area contributed by atoms with E-state index in [1.54, 1.807) is 11.5 Å². The van der Waals surface area contributed by atoms with Crippen molar-refractivity contribution in [2.75, 3.05) is 7.05 Å². The first kappa shape index (κ1) is 11.1. The number of nitrogens with one attached hydrogen (secondary N) is 1. The van der Waals surface area contributed by atoms with Gasteiger partial charge in [-0.05, 0) is 49.3 Å². The van der Waals surface area contributed by atoms with Crippen LogP contribution in [-0.4, -0.2) is 17.5 Å². The van der Waals surface area contributed by atoms with E-state index in [1.165, 1.54) is 25.0 Å². The SMILES string of the molecule is CNC1CCC(C)(C)C(c2ccsn2)C1. The van der Waals surface area contributed by atoms with Crippen molar-refractivity contribution in [2.45, 2.75) is 45.1 Å². The van der Waals surface area contributed by atoms with Gasteiger partial charge in [0.05, 0.1) is 5.69 Å². The number of hydrogen-bond donors (Lipinski definition) is 1. The summed E-state index contributed by atoms with van der Waals surface area (Å²) < 4.78 is 4.52. The topological polar surface area (TPSA) is 24.9 Å². The Hall–Kier alpha value is -0.410. The lowest BCUT2D eigenvalue weighted by atomic mass is 9.66. The minimum absolute atomic E-state index is 0.404. The summed E-state index contributed by atoms with van der Waals surface area (Å²) in [6.45, 7) is 4.76. The lowest BCUT2D eigenvalue weighted by molar-refractivity contribution is 0.169. The van der Waals surface area contributed by atoms with Crippen LogP contribution in [0.3, 0.4) is 0 Å². The van der Waals surface area contributed by atoms with Gasteiger partial charge in [-0.3, -0.25) is 0 Å². The molecule has 2 nitrogen and oxygen atoms in total. The van der Waals surface area contributed by atoms with E-state index in [4.69, 9.17) is 0 Å². The first-order chi connectivity index (χ1) is 7.13. The standard InChI is InChI=1S/C12H20N2S/c1-12(2)6-4-9(13-3)8-10(12)11-5-7-15-14-11/h5,7,9-10,13H,4,6,8H2,1-3H3. The molecule has 1 aromatic rings. The predicted molar refractivity (Wildman–Crippen MR) is 65.3 cm³/mol. The molecule has 2 unspecified atom stereocenters. The van der Waals surface area contributed by atoms with Crippen LogP contribution in [0.1, 0.15) is 44.7 Å². The fourth-order valence-electron chi connectivity index (χ4n) is 2.63. The molecule has 1 fully saturated rings. The third-order valence-corrected chi connectivity index (χ3v) is 4.40. The quantitative estimate of drug-likeness (QED) is 0.835. The molecule has 1 saturated carbocycles. The van der Waals surface area contributed by atoms with Gasteiger partial charge in [-0.25, -0.2) is 0 Å². The van der Waals surface area contributed by atoms with Crippen molar-refractivity contribution >= 4 is 11.5 Å². The number of rotatable bonds is 2. The van der Waals surface area contributed by atoms with Crippen LogP contribution in [0.15, 0.2) is 11.4 Å². The molecule has 0 radical (unpaired) electrons. The average Bonchev–Trinajstić information content (AvgIpc) is 2.70. The second-order valence-corrected chi connectivity index (χ2v) is 5.89. The molecule has 1 N–H and O–H groups in total. The van der Waals surface area contributed by atoms with Crippen LogP contribution < -0.4 is 5.32 Å². The van der Waals surface area contributed by atoms with E-state index < -0.39 is 0 Å². The fourth-order valence-corrected chi connectivity index (χ4v) is 3.20. The molecule has 1 aliphatic rings. The highest BCUT2D eigenvalue weighted by molar-refractivity contribution is 7.03. The van der Waals surface area contributed by atoms with E-state index >= 15 is 0 Å². The van der Waals surface area contributed by atoms with Gasteiger partial charge in [0.1, 0.15) is 0 Å². The Bertz CT molecular complexity index is 305. The van der Waals surface area contributed by atoms with Gasteiger partial charge in [0, 0.05) is 17.3 Å². The summed E-state index contributed by atoms with van der Waals surface area (Å²) in [5.41, 5.74) is 1.70. The van der Waals surface area contributed by atoms with Crippen molar-refractivity contribution in [3.8, 4) is 0 Å². The second-order valence-electron chi connectivity index (χ2n) is 5.23. The molecule has 0 spiro atoms. The Labute approximate surface area is 96.3 Å². The molecule has 1 heterocycles.